The van der Waals surface area contributed by atoms with E-state index < -0.39 is 44.4 Å². The zero-order chi connectivity index (χ0) is 28.3. The predicted octanol–water partition coefficient (Wildman–Crippen LogP) is -3.85. The first kappa shape index (κ1) is 46.2. The molecule has 0 spiro atoms. The van der Waals surface area contributed by atoms with Gasteiger partial charge in [-0.25, -0.2) is 0 Å². The number of halogens is 7. The lowest BCUT2D eigenvalue weighted by Gasteiger charge is -2.20. The lowest BCUT2D eigenvalue weighted by Crippen LogP contribution is -2.22. The Balaban J connectivity index is -0.0000000672. The van der Waals surface area contributed by atoms with E-state index in [0.29, 0.717) is 4.28 Å². The molecule has 1 rings (SSSR count). The van der Waals surface area contributed by atoms with Gasteiger partial charge in [0.1, 0.15) is 4.28 Å². The standard InChI is InChI=1S/C6H10BrNS.6BFH2O2/c1-3-8-5(2)4-9-6(8)7;6*2-1(3)4/h4,6H,3H2,1-2H3;6*3-4H. The minimum atomic E-state index is -2.67. The number of rotatable bonds is 1. The molecule has 0 aliphatic carbocycles. The number of alkyl halides is 1. The van der Waals surface area contributed by atoms with E-state index in [2.05, 4.69) is 40.1 Å². The number of thioether (sulfide) groups is 1. The van der Waals surface area contributed by atoms with Crippen molar-refractivity contribution in [3.63, 3.8) is 0 Å². The van der Waals surface area contributed by atoms with Gasteiger partial charge in [-0.05, 0) is 19.3 Å². The van der Waals surface area contributed by atoms with Gasteiger partial charge in [-0.1, -0.05) is 27.7 Å². The van der Waals surface area contributed by atoms with Gasteiger partial charge in [0.05, 0.1) is 0 Å². The summed E-state index contributed by atoms with van der Waals surface area (Å²) in [6, 6.07) is 0. The van der Waals surface area contributed by atoms with Gasteiger partial charge >= 0.3 is 44.4 Å². The van der Waals surface area contributed by atoms with Crippen molar-refractivity contribution < 1.29 is 86.2 Å². The van der Waals surface area contributed by atoms with E-state index >= 15 is 0 Å². The maximum atomic E-state index is 10.1. The van der Waals surface area contributed by atoms with E-state index in [1.807, 2.05) is 11.8 Å². The highest BCUT2D eigenvalue weighted by molar-refractivity contribution is 9.11. The first-order valence-corrected chi connectivity index (χ1v) is 9.25. The number of hydrogen-bond donors (Lipinski definition) is 12. The summed E-state index contributed by atoms with van der Waals surface area (Å²) in [6.45, 7) is 5.39. The van der Waals surface area contributed by atoms with E-state index in [-0.39, 0.29) is 0 Å². The fourth-order valence-corrected chi connectivity index (χ4v) is 2.69. The van der Waals surface area contributed by atoms with Crippen LogP contribution in [0.2, 0.25) is 0 Å². The second kappa shape index (κ2) is 34.0. The molecule has 1 aliphatic heterocycles. The van der Waals surface area contributed by atoms with Crippen molar-refractivity contribution in [3.8, 4) is 0 Å². The summed E-state index contributed by atoms with van der Waals surface area (Å²) in [7, 11) is -16.0. The molecule has 0 saturated carbocycles. The molecule has 0 saturated heterocycles. The molecule has 27 heteroatoms. The molecule has 12 N–H and O–H groups in total. The third kappa shape index (κ3) is 129. The lowest BCUT2D eigenvalue weighted by molar-refractivity contribution is 0.338. The second-order valence-corrected chi connectivity index (χ2v) is 6.27. The Bertz CT molecular complexity index is 342. The van der Waals surface area contributed by atoms with Gasteiger partial charge in [0.2, 0.25) is 0 Å². The molecular formula is C6H22B6BrF6NO12S. The number of allylic oxidation sites excluding steroid dienone is 1. The molecular weight excluding hydrogens is 569 g/mol. The molecule has 0 amide bonds. The van der Waals surface area contributed by atoms with Crippen molar-refractivity contribution in [1.29, 1.82) is 0 Å². The van der Waals surface area contributed by atoms with Crippen LogP contribution >= 0.6 is 27.7 Å². The number of nitrogens with zero attached hydrogens (tertiary/aromatic N) is 1. The fraction of sp³-hybridized carbons (Fsp3) is 0.667. The Morgan fingerprint density at radius 3 is 0.939 bits per heavy atom. The third-order valence-corrected chi connectivity index (χ3v) is 3.49. The van der Waals surface area contributed by atoms with Crippen LogP contribution in [0.15, 0.2) is 11.1 Å². The molecule has 0 aromatic heterocycles. The van der Waals surface area contributed by atoms with Gasteiger partial charge in [-0.15, -0.1) is 0 Å². The van der Waals surface area contributed by atoms with Gasteiger partial charge in [-0.3, -0.25) is 25.9 Å². The monoisotopic (exact) mass is 591 g/mol. The zero-order valence-corrected chi connectivity index (χ0v) is 19.1. The highest BCUT2D eigenvalue weighted by Crippen LogP contribution is 2.33. The van der Waals surface area contributed by atoms with Gasteiger partial charge < -0.3 is 65.2 Å². The average Bonchev–Trinajstić information content (AvgIpc) is 2.82. The topological polar surface area (TPSA) is 246 Å². The van der Waals surface area contributed by atoms with Crippen LogP contribution in [-0.2, 0) is 0 Å². The SMILES string of the molecule is CCN1C(C)=CSC1Br.OB(O)F.OB(O)F.OB(O)F.OB(O)F.OB(O)F.OB(O)F. The molecule has 0 aromatic carbocycles. The van der Waals surface area contributed by atoms with Crippen molar-refractivity contribution in [1.82, 2.24) is 4.90 Å². The van der Waals surface area contributed by atoms with Crippen molar-refractivity contribution in [3.05, 3.63) is 11.1 Å². The largest absolute Gasteiger partial charge is 0.674 e. The Kier molecular flexibility index (Phi) is 47.7. The molecule has 0 fully saturated rings. The molecule has 1 unspecified atom stereocenters. The van der Waals surface area contributed by atoms with Gasteiger partial charge in [0.25, 0.3) is 0 Å². The average molecular weight is 591 g/mol. The van der Waals surface area contributed by atoms with Crippen LogP contribution in [0.3, 0.4) is 0 Å². The number of hydrogen-bond acceptors (Lipinski definition) is 14. The van der Waals surface area contributed by atoms with Crippen LogP contribution in [0.1, 0.15) is 13.8 Å². The van der Waals surface area contributed by atoms with Crippen LogP contribution in [0, 0.1) is 0 Å². The smallest absolute Gasteiger partial charge is 0.398 e. The predicted molar refractivity (Wildman–Crippen MR) is 114 cm³/mol. The van der Waals surface area contributed by atoms with Gasteiger partial charge in [0.15, 0.2) is 0 Å². The first-order valence-electron chi connectivity index (χ1n) is 7.39. The van der Waals surface area contributed by atoms with E-state index in [0.717, 1.165) is 6.54 Å². The summed E-state index contributed by atoms with van der Waals surface area (Å²) in [6.07, 6.45) is 0. The first-order chi connectivity index (χ1) is 14.6. The van der Waals surface area contributed by atoms with Crippen molar-refractivity contribution >= 4 is 72.1 Å². The van der Waals surface area contributed by atoms with E-state index in [4.69, 9.17) is 60.3 Å². The molecule has 13 nitrogen and oxygen atoms in total. The van der Waals surface area contributed by atoms with Crippen LogP contribution < -0.4 is 0 Å². The maximum absolute atomic E-state index is 10.1. The van der Waals surface area contributed by atoms with Crippen LogP contribution in [0.25, 0.3) is 0 Å². The third-order valence-electron chi connectivity index (χ3n) is 1.39. The highest BCUT2D eigenvalue weighted by atomic mass is 79.9. The Morgan fingerprint density at radius 2 is 0.879 bits per heavy atom. The minimum Gasteiger partial charge on any atom is -0.398 e. The molecule has 0 aromatic rings. The second-order valence-electron chi connectivity index (χ2n) is 3.84. The molecule has 196 valence electrons. The van der Waals surface area contributed by atoms with Gasteiger partial charge in [0, 0.05) is 12.2 Å². The maximum Gasteiger partial charge on any atom is 0.674 e. The summed E-state index contributed by atoms with van der Waals surface area (Å²) in [5.41, 5.74) is 1.37. The molecule has 1 heterocycles. The van der Waals surface area contributed by atoms with Crippen LogP contribution in [0.5, 0.6) is 0 Å². The lowest BCUT2D eigenvalue weighted by atomic mass is 10.3. The summed E-state index contributed by atoms with van der Waals surface area (Å²) >= 11 is 5.36. The van der Waals surface area contributed by atoms with Crippen LogP contribution in [0.4, 0.5) is 25.9 Å². The Labute approximate surface area is 199 Å². The zero-order valence-electron chi connectivity index (χ0n) is 16.7. The van der Waals surface area contributed by atoms with Crippen molar-refractivity contribution in [2.75, 3.05) is 6.54 Å². The van der Waals surface area contributed by atoms with Gasteiger partial charge in [-0.2, -0.15) is 0 Å². The Morgan fingerprint density at radius 1 is 0.697 bits per heavy atom. The Hall–Kier alpha value is -0.140. The van der Waals surface area contributed by atoms with Crippen molar-refractivity contribution in [2.24, 2.45) is 0 Å². The summed E-state index contributed by atoms with van der Waals surface area (Å²) in [5, 5.41) is 85.5. The minimum absolute atomic E-state index is 0.475. The summed E-state index contributed by atoms with van der Waals surface area (Å²) in [5.74, 6) is 0. The molecule has 0 radical (unpaired) electrons. The fourth-order valence-electron chi connectivity index (χ4n) is 0.849. The molecule has 0 bridgehead atoms. The summed E-state index contributed by atoms with van der Waals surface area (Å²) in [4.78, 5) is 2.31. The molecule has 1 atom stereocenters. The quantitative estimate of drug-likeness (QED) is 0.0605. The van der Waals surface area contributed by atoms with E-state index in [1.165, 1.54) is 5.70 Å². The van der Waals surface area contributed by atoms with Crippen LogP contribution in [-0.4, -0.2) is 120 Å². The van der Waals surface area contributed by atoms with E-state index in [1.54, 1.807) is 0 Å². The summed E-state index contributed by atoms with van der Waals surface area (Å²) < 4.78 is 61.1. The normalized spacial score (nSPS) is 12.2. The van der Waals surface area contributed by atoms with E-state index in [9.17, 15) is 25.9 Å². The highest BCUT2D eigenvalue weighted by Gasteiger charge is 2.18. The molecule has 33 heavy (non-hydrogen) atoms. The molecule has 1 aliphatic rings. The van der Waals surface area contributed by atoms with Crippen molar-refractivity contribution in [2.45, 2.75) is 18.1 Å².